The fraction of sp³-hybridized carbons (Fsp3) is 0.500. The number of nitrogens with one attached hydrogen (secondary N) is 1. The molecule has 6 heteroatoms. The number of carbonyl (C=O) groups excluding carboxylic acids is 2. The van der Waals surface area contributed by atoms with Gasteiger partial charge in [0.1, 0.15) is 5.60 Å². The summed E-state index contributed by atoms with van der Waals surface area (Å²) in [6.07, 6.45) is -1.59. The molecule has 0 radical (unpaired) electrons. The average Bonchev–Trinajstić information content (AvgIpc) is 2.41. The third-order valence-corrected chi connectivity index (χ3v) is 2.75. The number of carboxylic acids is 1. The molecule has 1 rings (SSSR count). The predicted molar refractivity (Wildman–Crippen MR) is 78.9 cm³/mol. The molecule has 22 heavy (non-hydrogen) atoms. The van der Waals surface area contributed by atoms with Crippen molar-refractivity contribution in [1.29, 1.82) is 0 Å². The van der Waals surface area contributed by atoms with E-state index in [0.29, 0.717) is 0 Å². The van der Waals surface area contributed by atoms with Gasteiger partial charge < -0.3 is 24.7 Å². The molecule has 0 saturated carbocycles. The number of rotatable bonds is 6. The summed E-state index contributed by atoms with van der Waals surface area (Å²) in [6.45, 7) is 6.87. The lowest BCUT2D eigenvalue weighted by Crippen LogP contribution is -2.55. The zero-order valence-electron chi connectivity index (χ0n) is 13.3. The number of ether oxygens (including phenoxy) is 2. The summed E-state index contributed by atoms with van der Waals surface area (Å²) in [5, 5.41) is 13.5. The van der Waals surface area contributed by atoms with Crippen LogP contribution in [0, 0.1) is 0 Å². The van der Waals surface area contributed by atoms with Crippen LogP contribution in [0.4, 0.5) is 4.79 Å². The first-order chi connectivity index (χ1) is 10.2. The summed E-state index contributed by atoms with van der Waals surface area (Å²) in [5.74, 6) is -1.42. The Morgan fingerprint density at radius 2 is 1.82 bits per heavy atom. The quantitative estimate of drug-likeness (QED) is 0.854. The molecule has 0 heterocycles. The van der Waals surface area contributed by atoms with Crippen molar-refractivity contribution in [1.82, 2.24) is 5.32 Å². The number of carbonyl (C=O) groups is 2. The smallest absolute Gasteiger partial charge is 0.408 e. The fourth-order valence-electron chi connectivity index (χ4n) is 1.70. The summed E-state index contributed by atoms with van der Waals surface area (Å²) in [4.78, 5) is 22.9. The maximum absolute atomic E-state index is 11.7. The van der Waals surface area contributed by atoms with Gasteiger partial charge in [0.05, 0.1) is 24.7 Å². The molecule has 0 aliphatic carbocycles. The van der Waals surface area contributed by atoms with E-state index in [9.17, 15) is 14.7 Å². The van der Waals surface area contributed by atoms with E-state index < -0.39 is 29.8 Å². The van der Waals surface area contributed by atoms with Crippen molar-refractivity contribution in [2.75, 3.05) is 0 Å². The number of aliphatic carboxylic acids is 1. The van der Waals surface area contributed by atoms with Gasteiger partial charge in [-0.15, -0.1) is 0 Å². The number of carboxylic acid groups (broad SMARTS) is 1. The van der Waals surface area contributed by atoms with E-state index in [4.69, 9.17) is 9.47 Å². The first-order valence-corrected chi connectivity index (χ1v) is 7.05. The molecule has 0 spiro atoms. The second-order valence-electron chi connectivity index (χ2n) is 5.94. The van der Waals surface area contributed by atoms with Gasteiger partial charge in [0.25, 0.3) is 0 Å². The Morgan fingerprint density at radius 3 is 2.32 bits per heavy atom. The predicted octanol–water partition coefficient (Wildman–Crippen LogP) is 1.23. The molecule has 0 aliphatic heterocycles. The zero-order chi connectivity index (χ0) is 16.8. The SMILES string of the molecule is C[C@H](OCc1ccccc1)[C@@H](NC(=O)OC(C)(C)C)C(=O)[O-]. The lowest BCUT2D eigenvalue weighted by atomic mass is 10.1. The Kier molecular flexibility index (Phi) is 6.37. The Balaban J connectivity index is 2.58. The van der Waals surface area contributed by atoms with Gasteiger partial charge in [0.2, 0.25) is 0 Å². The Bertz CT molecular complexity index is 495. The monoisotopic (exact) mass is 308 g/mol. The highest BCUT2D eigenvalue weighted by atomic mass is 16.6. The molecule has 1 aromatic carbocycles. The van der Waals surface area contributed by atoms with E-state index in [-0.39, 0.29) is 6.61 Å². The van der Waals surface area contributed by atoms with Crippen molar-refractivity contribution in [3.63, 3.8) is 0 Å². The number of hydrogen-bond donors (Lipinski definition) is 1. The maximum Gasteiger partial charge on any atom is 0.408 e. The molecule has 0 saturated heterocycles. The van der Waals surface area contributed by atoms with Crippen molar-refractivity contribution < 1.29 is 24.2 Å². The molecular weight excluding hydrogens is 286 g/mol. The zero-order valence-corrected chi connectivity index (χ0v) is 13.3. The van der Waals surface area contributed by atoms with Gasteiger partial charge in [0.15, 0.2) is 0 Å². The summed E-state index contributed by atoms with van der Waals surface area (Å²) >= 11 is 0. The minimum absolute atomic E-state index is 0.238. The molecule has 6 nitrogen and oxygen atoms in total. The molecule has 2 atom stereocenters. The van der Waals surface area contributed by atoms with E-state index in [1.165, 1.54) is 0 Å². The van der Waals surface area contributed by atoms with Gasteiger partial charge >= 0.3 is 6.09 Å². The van der Waals surface area contributed by atoms with E-state index >= 15 is 0 Å². The van der Waals surface area contributed by atoms with Gasteiger partial charge in [-0.3, -0.25) is 0 Å². The van der Waals surface area contributed by atoms with Crippen LogP contribution in [-0.2, 0) is 20.9 Å². The number of benzene rings is 1. The summed E-state index contributed by atoms with van der Waals surface area (Å²) in [6, 6.07) is 8.03. The lowest BCUT2D eigenvalue weighted by Gasteiger charge is -2.28. The summed E-state index contributed by atoms with van der Waals surface area (Å²) in [7, 11) is 0. The summed E-state index contributed by atoms with van der Waals surface area (Å²) in [5.41, 5.74) is 0.193. The van der Waals surface area contributed by atoms with E-state index in [1.807, 2.05) is 30.3 Å². The van der Waals surface area contributed by atoms with Crippen LogP contribution >= 0.6 is 0 Å². The van der Waals surface area contributed by atoms with Crippen molar-refractivity contribution in [2.24, 2.45) is 0 Å². The molecule has 122 valence electrons. The molecule has 1 amide bonds. The highest BCUT2D eigenvalue weighted by Crippen LogP contribution is 2.09. The van der Waals surface area contributed by atoms with Crippen LogP contribution in [0.25, 0.3) is 0 Å². The lowest BCUT2D eigenvalue weighted by molar-refractivity contribution is -0.310. The van der Waals surface area contributed by atoms with Gasteiger partial charge in [0, 0.05) is 0 Å². The van der Waals surface area contributed by atoms with Crippen LogP contribution in [0.15, 0.2) is 30.3 Å². The largest absolute Gasteiger partial charge is 0.548 e. The van der Waals surface area contributed by atoms with Crippen molar-refractivity contribution in [3.05, 3.63) is 35.9 Å². The third-order valence-electron chi connectivity index (χ3n) is 2.75. The molecule has 0 unspecified atom stereocenters. The van der Waals surface area contributed by atoms with E-state index in [0.717, 1.165) is 5.56 Å². The van der Waals surface area contributed by atoms with Gasteiger partial charge in [-0.2, -0.15) is 0 Å². The first-order valence-electron chi connectivity index (χ1n) is 7.05. The second kappa shape index (κ2) is 7.79. The molecule has 1 aromatic rings. The number of hydrogen-bond acceptors (Lipinski definition) is 5. The van der Waals surface area contributed by atoms with Crippen LogP contribution in [-0.4, -0.2) is 29.8 Å². The Morgan fingerprint density at radius 1 is 1.23 bits per heavy atom. The number of alkyl carbamates (subject to hydrolysis) is 1. The van der Waals surface area contributed by atoms with E-state index in [1.54, 1.807) is 27.7 Å². The van der Waals surface area contributed by atoms with Crippen LogP contribution in [0.2, 0.25) is 0 Å². The minimum Gasteiger partial charge on any atom is -0.548 e. The molecular formula is C16H22NO5-. The van der Waals surface area contributed by atoms with Crippen molar-refractivity contribution in [2.45, 2.75) is 52.0 Å². The minimum atomic E-state index is -1.42. The van der Waals surface area contributed by atoms with E-state index in [2.05, 4.69) is 5.32 Å². The summed E-state index contributed by atoms with van der Waals surface area (Å²) < 4.78 is 10.5. The van der Waals surface area contributed by atoms with Crippen molar-refractivity contribution in [3.8, 4) is 0 Å². The first kappa shape index (κ1) is 18.0. The normalized spacial score (nSPS) is 14.0. The Labute approximate surface area is 130 Å². The maximum atomic E-state index is 11.7. The molecule has 0 fully saturated rings. The highest BCUT2D eigenvalue weighted by molar-refractivity contribution is 5.79. The number of amides is 1. The molecule has 1 N–H and O–H groups in total. The molecule has 0 aromatic heterocycles. The molecule has 0 aliphatic rings. The van der Waals surface area contributed by atoms with Crippen LogP contribution in [0.5, 0.6) is 0 Å². The highest BCUT2D eigenvalue weighted by Gasteiger charge is 2.24. The van der Waals surface area contributed by atoms with Gasteiger partial charge in [-0.05, 0) is 33.3 Å². The van der Waals surface area contributed by atoms with Crippen LogP contribution in [0.3, 0.4) is 0 Å². The fourth-order valence-corrected chi connectivity index (χ4v) is 1.70. The standard InChI is InChI=1S/C16H23NO5/c1-11(21-10-12-8-6-5-7-9-12)13(14(18)19)17-15(20)22-16(2,3)4/h5-9,11,13H,10H2,1-4H3,(H,17,20)(H,18,19)/p-1/t11-,13+/m0/s1. The van der Waals surface area contributed by atoms with Gasteiger partial charge in [-0.25, -0.2) is 4.79 Å². The van der Waals surface area contributed by atoms with Crippen LogP contribution in [0.1, 0.15) is 33.3 Å². The molecule has 0 bridgehead atoms. The van der Waals surface area contributed by atoms with Crippen molar-refractivity contribution >= 4 is 12.1 Å². The van der Waals surface area contributed by atoms with Gasteiger partial charge in [-0.1, -0.05) is 30.3 Å². The average molecular weight is 308 g/mol. The Hall–Kier alpha value is -2.08. The van der Waals surface area contributed by atoms with Crippen LogP contribution < -0.4 is 10.4 Å². The third kappa shape index (κ3) is 6.58. The topological polar surface area (TPSA) is 87.7 Å². The second-order valence-corrected chi connectivity index (χ2v) is 5.94.